The van der Waals surface area contributed by atoms with Crippen LogP contribution in [0, 0.1) is 0 Å². The van der Waals surface area contributed by atoms with E-state index in [0.29, 0.717) is 5.54 Å². The average Bonchev–Trinajstić information content (AvgIpc) is 2.66. The third-order valence-electron chi connectivity index (χ3n) is 4.71. The summed E-state index contributed by atoms with van der Waals surface area (Å²) >= 11 is 0. The molecule has 0 bridgehead atoms. The lowest BCUT2D eigenvalue weighted by atomic mass is 9.96. The average molecular weight is 253 g/mol. The summed E-state index contributed by atoms with van der Waals surface area (Å²) in [5.41, 5.74) is 0.369. The molecule has 0 atom stereocenters. The summed E-state index contributed by atoms with van der Waals surface area (Å²) in [5, 5.41) is 3.45. The van der Waals surface area contributed by atoms with Gasteiger partial charge in [-0.05, 0) is 52.7 Å². The predicted octanol–water partition coefficient (Wildman–Crippen LogP) is 1.94. The first kappa shape index (κ1) is 14.3. The van der Waals surface area contributed by atoms with E-state index in [1.165, 1.54) is 64.8 Å². The first-order valence-corrected chi connectivity index (χ1v) is 7.87. The maximum absolute atomic E-state index is 3.45. The molecule has 2 fully saturated rings. The SMILES string of the molecule is CC(C)(CCN1CCCCCC1)N1CCNCC1. The fraction of sp³-hybridized carbons (Fsp3) is 1.00. The molecular weight excluding hydrogens is 222 g/mol. The Labute approximate surface area is 113 Å². The summed E-state index contributed by atoms with van der Waals surface area (Å²) in [7, 11) is 0. The van der Waals surface area contributed by atoms with Gasteiger partial charge in [-0.3, -0.25) is 4.90 Å². The Morgan fingerprint density at radius 1 is 0.889 bits per heavy atom. The molecule has 3 heteroatoms. The highest BCUT2D eigenvalue weighted by atomic mass is 15.2. The third kappa shape index (κ3) is 4.22. The molecule has 2 aliphatic rings. The van der Waals surface area contributed by atoms with Crippen molar-refractivity contribution in [3.05, 3.63) is 0 Å². The van der Waals surface area contributed by atoms with Crippen molar-refractivity contribution in [3.63, 3.8) is 0 Å². The van der Waals surface area contributed by atoms with Crippen molar-refractivity contribution in [2.45, 2.75) is 51.5 Å². The van der Waals surface area contributed by atoms with Gasteiger partial charge in [0.05, 0.1) is 0 Å². The molecule has 0 aromatic rings. The maximum atomic E-state index is 3.45. The fourth-order valence-electron chi connectivity index (χ4n) is 3.22. The highest BCUT2D eigenvalue weighted by Gasteiger charge is 2.28. The van der Waals surface area contributed by atoms with E-state index in [4.69, 9.17) is 0 Å². The Hall–Kier alpha value is -0.120. The van der Waals surface area contributed by atoms with Crippen LogP contribution in [-0.4, -0.2) is 61.2 Å². The summed E-state index contributed by atoms with van der Waals surface area (Å²) in [5.74, 6) is 0. The molecule has 106 valence electrons. The van der Waals surface area contributed by atoms with E-state index in [9.17, 15) is 0 Å². The van der Waals surface area contributed by atoms with Gasteiger partial charge < -0.3 is 10.2 Å². The second-order valence-electron chi connectivity index (χ2n) is 6.56. The first-order chi connectivity index (χ1) is 8.68. The molecule has 0 amide bonds. The zero-order chi connectivity index (χ0) is 12.8. The van der Waals surface area contributed by atoms with Crippen LogP contribution < -0.4 is 5.32 Å². The van der Waals surface area contributed by atoms with Gasteiger partial charge in [-0.25, -0.2) is 0 Å². The number of likely N-dealkylation sites (tertiary alicyclic amines) is 1. The van der Waals surface area contributed by atoms with Crippen LogP contribution in [0.15, 0.2) is 0 Å². The summed E-state index contributed by atoms with van der Waals surface area (Å²) in [4.78, 5) is 5.36. The lowest BCUT2D eigenvalue weighted by molar-refractivity contribution is 0.0834. The molecule has 18 heavy (non-hydrogen) atoms. The van der Waals surface area contributed by atoms with E-state index in [0.717, 1.165) is 13.1 Å². The Morgan fingerprint density at radius 3 is 2.11 bits per heavy atom. The highest BCUT2D eigenvalue weighted by Crippen LogP contribution is 2.20. The number of hydrogen-bond acceptors (Lipinski definition) is 3. The van der Waals surface area contributed by atoms with Crippen molar-refractivity contribution in [1.82, 2.24) is 15.1 Å². The number of hydrogen-bond donors (Lipinski definition) is 1. The van der Waals surface area contributed by atoms with Gasteiger partial charge in [0.25, 0.3) is 0 Å². The van der Waals surface area contributed by atoms with Crippen LogP contribution in [0.3, 0.4) is 0 Å². The normalized spacial score (nSPS) is 25.0. The minimum absolute atomic E-state index is 0.369. The predicted molar refractivity (Wildman–Crippen MR) is 78.0 cm³/mol. The van der Waals surface area contributed by atoms with E-state index in [1.54, 1.807) is 0 Å². The Kier molecular flexibility index (Phi) is 5.46. The van der Waals surface area contributed by atoms with Crippen molar-refractivity contribution >= 4 is 0 Å². The maximum Gasteiger partial charge on any atom is 0.0166 e. The van der Waals surface area contributed by atoms with E-state index in [2.05, 4.69) is 29.0 Å². The molecule has 2 rings (SSSR count). The monoisotopic (exact) mass is 253 g/mol. The molecule has 1 N–H and O–H groups in total. The fourth-order valence-corrected chi connectivity index (χ4v) is 3.22. The molecule has 2 heterocycles. The van der Waals surface area contributed by atoms with Gasteiger partial charge in [-0.2, -0.15) is 0 Å². The molecule has 2 aliphatic heterocycles. The molecular formula is C15H31N3. The molecule has 0 radical (unpaired) electrons. The Balaban J connectivity index is 1.75. The van der Waals surface area contributed by atoms with Crippen LogP contribution in [0.25, 0.3) is 0 Å². The van der Waals surface area contributed by atoms with Gasteiger partial charge in [0.15, 0.2) is 0 Å². The van der Waals surface area contributed by atoms with Gasteiger partial charge in [-0.15, -0.1) is 0 Å². The van der Waals surface area contributed by atoms with E-state index in [-0.39, 0.29) is 0 Å². The van der Waals surface area contributed by atoms with Crippen molar-refractivity contribution in [3.8, 4) is 0 Å². The summed E-state index contributed by atoms with van der Waals surface area (Å²) in [6.07, 6.45) is 7.02. The standard InChI is InChI=1S/C15H31N3/c1-15(2,18-13-8-16-9-14-18)7-12-17-10-5-3-4-6-11-17/h16H,3-14H2,1-2H3. The summed E-state index contributed by atoms with van der Waals surface area (Å²) in [6.45, 7) is 13.6. The summed E-state index contributed by atoms with van der Waals surface area (Å²) < 4.78 is 0. The zero-order valence-electron chi connectivity index (χ0n) is 12.4. The smallest absolute Gasteiger partial charge is 0.0166 e. The van der Waals surface area contributed by atoms with Crippen LogP contribution in [0.1, 0.15) is 46.0 Å². The van der Waals surface area contributed by atoms with Crippen molar-refractivity contribution in [1.29, 1.82) is 0 Å². The number of rotatable bonds is 4. The van der Waals surface area contributed by atoms with Gasteiger partial charge in [-0.1, -0.05) is 12.8 Å². The van der Waals surface area contributed by atoms with E-state index >= 15 is 0 Å². The van der Waals surface area contributed by atoms with E-state index < -0.39 is 0 Å². The van der Waals surface area contributed by atoms with Crippen LogP contribution in [-0.2, 0) is 0 Å². The molecule has 3 nitrogen and oxygen atoms in total. The molecule has 0 spiro atoms. The third-order valence-corrected chi connectivity index (χ3v) is 4.71. The molecule has 0 saturated carbocycles. The second kappa shape index (κ2) is 6.88. The van der Waals surface area contributed by atoms with Gasteiger partial charge in [0.1, 0.15) is 0 Å². The highest BCUT2D eigenvalue weighted by molar-refractivity contribution is 4.85. The van der Waals surface area contributed by atoms with Gasteiger partial charge in [0.2, 0.25) is 0 Å². The van der Waals surface area contributed by atoms with Crippen LogP contribution in [0.2, 0.25) is 0 Å². The number of piperazine rings is 1. The van der Waals surface area contributed by atoms with E-state index in [1.807, 2.05) is 0 Å². The Morgan fingerprint density at radius 2 is 1.50 bits per heavy atom. The lowest BCUT2D eigenvalue weighted by Gasteiger charge is -2.42. The van der Waals surface area contributed by atoms with Crippen molar-refractivity contribution in [2.24, 2.45) is 0 Å². The minimum atomic E-state index is 0.369. The number of nitrogens with zero attached hydrogens (tertiary/aromatic N) is 2. The molecule has 0 aromatic carbocycles. The minimum Gasteiger partial charge on any atom is -0.314 e. The Bertz CT molecular complexity index is 226. The second-order valence-corrected chi connectivity index (χ2v) is 6.56. The first-order valence-electron chi connectivity index (χ1n) is 7.87. The number of nitrogens with one attached hydrogen (secondary N) is 1. The lowest BCUT2D eigenvalue weighted by Crippen LogP contribution is -2.54. The van der Waals surface area contributed by atoms with Crippen molar-refractivity contribution in [2.75, 3.05) is 45.8 Å². The van der Waals surface area contributed by atoms with Gasteiger partial charge in [0, 0.05) is 31.7 Å². The largest absolute Gasteiger partial charge is 0.314 e. The zero-order valence-corrected chi connectivity index (χ0v) is 12.4. The molecule has 2 saturated heterocycles. The quantitative estimate of drug-likeness (QED) is 0.826. The van der Waals surface area contributed by atoms with Crippen molar-refractivity contribution < 1.29 is 0 Å². The van der Waals surface area contributed by atoms with Crippen LogP contribution >= 0.6 is 0 Å². The molecule has 0 aliphatic carbocycles. The van der Waals surface area contributed by atoms with Gasteiger partial charge >= 0.3 is 0 Å². The molecule has 0 aromatic heterocycles. The van der Waals surface area contributed by atoms with Crippen LogP contribution in [0.4, 0.5) is 0 Å². The summed E-state index contributed by atoms with van der Waals surface area (Å²) in [6, 6.07) is 0. The topological polar surface area (TPSA) is 18.5 Å². The van der Waals surface area contributed by atoms with Crippen LogP contribution in [0.5, 0.6) is 0 Å². The molecule has 0 unspecified atom stereocenters.